The molecule has 0 saturated heterocycles. The fraction of sp³-hybridized carbons (Fsp3) is 0.500. The van der Waals surface area contributed by atoms with E-state index >= 15 is 0 Å². The first-order valence-electron chi connectivity index (χ1n) is 5.94. The van der Waals surface area contributed by atoms with Gasteiger partial charge in [0.15, 0.2) is 0 Å². The molecule has 1 aromatic rings. The van der Waals surface area contributed by atoms with E-state index in [9.17, 15) is 9.59 Å². The zero-order chi connectivity index (χ0) is 15.3. The lowest BCUT2D eigenvalue weighted by Crippen LogP contribution is -2.41. The minimum Gasteiger partial charge on any atom is -0.467 e. The summed E-state index contributed by atoms with van der Waals surface area (Å²) in [4.78, 5) is 24.4. The number of ether oxygens (including phenoxy) is 1. The van der Waals surface area contributed by atoms with E-state index in [1.54, 1.807) is 0 Å². The lowest BCUT2D eigenvalue weighted by Gasteiger charge is -2.15. The Labute approximate surface area is 147 Å². The van der Waals surface area contributed by atoms with E-state index < -0.39 is 12.0 Å². The monoisotopic (exact) mass is 489 g/mol. The van der Waals surface area contributed by atoms with Gasteiger partial charge in [0.1, 0.15) is 10.9 Å². The van der Waals surface area contributed by atoms with Crippen LogP contribution in [0.5, 0.6) is 0 Å². The molecule has 0 saturated carbocycles. The van der Waals surface area contributed by atoms with Crippen molar-refractivity contribution in [2.24, 2.45) is 0 Å². The van der Waals surface area contributed by atoms with E-state index in [-0.39, 0.29) is 5.91 Å². The van der Waals surface area contributed by atoms with Crippen molar-refractivity contribution in [2.75, 3.05) is 7.11 Å². The number of methoxy groups -OCH3 is 1. The normalized spacial score (nSPS) is 12.1. The van der Waals surface area contributed by atoms with Crippen LogP contribution in [0.4, 0.5) is 0 Å². The molecular formula is C12H14Br3NO3S. The molecule has 20 heavy (non-hydrogen) atoms. The van der Waals surface area contributed by atoms with Crippen molar-refractivity contribution < 1.29 is 14.3 Å². The van der Waals surface area contributed by atoms with Crippen molar-refractivity contribution in [1.29, 1.82) is 0 Å². The average molecular weight is 492 g/mol. The molecule has 8 heteroatoms. The number of carbonyl (C=O) groups excluding carboxylic acids is 2. The Kier molecular flexibility index (Phi) is 7.71. The molecule has 1 rings (SSSR count). The predicted molar refractivity (Wildman–Crippen MR) is 90.2 cm³/mol. The van der Waals surface area contributed by atoms with Crippen LogP contribution in [0.2, 0.25) is 0 Å². The molecule has 112 valence electrons. The summed E-state index contributed by atoms with van der Waals surface area (Å²) >= 11 is 11.4. The molecule has 0 aliphatic heterocycles. The van der Waals surface area contributed by atoms with Gasteiger partial charge in [-0.05, 0) is 54.2 Å². The van der Waals surface area contributed by atoms with Gasteiger partial charge < -0.3 is 10.1 Å². The number of thiophene rings is 1. The SMILES string of the molecule is CCCC[C@H](NC(=O)c1sc(Br)c(Br)c1Br)C(=O)OC. The summed E-state index contributed by atoms with van der Waals surface area (Å²) in [7, 11) is 1.32. The maximum absolute atomic E-state index is 12.2. The second-order valence-electron chi connectivity index (χ2n) is 4.02. The van der Waals surface area contributed by atoms with E-state index in [0.29, 0.717) is 15.8 Å². The Balaban J connectivity index is 2.84. The van der Waals surface area contributed by atoms with Gasteiger partial charge in [-0.25, -0.2) is 4.79 Å². The Morgan fingerprint density at radius 3 is 2.40 bits per heavy atom. The topological polar surface area (TPSA) is 55.4 Å². The summed E-state index contributed by atoms with van der Waals surface area (Å²) in [6.07, 6.45) is 2.36. The van der Waals surface area contributed by atoms with E-state index in [1.165, 1.54) is 18.4 Å². The van der Waals surface area contributed by atoms with Crippen molar-refractivity contribution >= 4 is 71.0 Å². The van der Waals surface area contributed by atoms with Crippen LogP contribution in [-0.2, 0) is 9.53 Å². The van der Waals surface area contributed by atoms with Crippen LogP contribution in [-0.4, -0.2) is 25.0 Å². The van der Waals surface area contributed by atoms with Crippen LogP contribution in [0.1, 0.15) is 35.9 Å². The number of nitrogens with one attached hydrogen (secondary N) is 1. The summed E-state index contributed by atoms with van der Waals surface area (Å²) in [6, 6.07) is -0.612. The maximum Gasteiger partial charge on any atom is 0.328 e. The molecule has 4 nitrogen and oxygen atoms in total. The van der Waals surface area contributed by atoms with Crippen molar-refractivity contribution in [1.82, 2.24) is 5.32 Å². The maximum atomic E-state index is 12.2. The van der Waals surface area contributed by atoms with Gasteiger partial charge in [-0.15, -0.1) is 11.3 Å². The molecule has 1 amide bonds. The fourth-order valence-electron chi connectivity index (χ4n) is 1.53. The van der Waals surface area contributed by atoms with Gasteiger partial charge >= 0.3 is 5.97 Å². The third kappa shape index (κ3) is 4.54. The minimum atomic E-state index is -0.612. The Bertz CT molecular complexity index is 504. The molecule has 0 radical (unpaired) electrons. The molecule has 1 N–H and O–H groups in total. The van der Waals surface area contributed by atoms with Crippen molar-refractivity contribution in [3.8, 4) is 0 Å². The molecule has 0 aliphatic carbocycles. The number of halogens is 3. The van der Waals surface area contributed by atoms with Gasteiger partial charge in [-0.1, -0.05) is 19.8 Å². The van der Waals surface area contributed by atoms with Gasteiger partial charge in [-0.3, -0.25) is 4.79 Å². The summed E-state index contributed by atoms with van der Waals surface area (Å²) in [5, 5.41) is 2.73. The van der Waals surface area contributed by atoms with Gasteiger partial charge in [-0.2, -0.15) is 0 Å². The third-order valence-corrected chi connectivity index (χ3v) is 7.63. The zero-order valence-corrected chi connectivity index (χ0v) is 16.5. The first kappa shape index (κ1) is 18.1. The van der Waals surface area contributed by atoms with E-state index in [1.807, 2.05) is 6.92 Å². The Hall–Kier alpha value is 0.0800. The number of amides is 1. The molecule has 1 atom stereocenters. The minimum absolute atomic E-state index is 0.292. The molecule has 0 fully saturated rings. The second kappa shape index (κ2) is 8.51. The van der Waals surface area contributed by atoms with Crippen LogP contribution in [0.3, 0.4) is 0 Å². The van der Waals surface area contributed by atoms with Crippen LogP contribution in [0.25, 0.3) is 0 Å². The second-order valence-corrected chi connectivity index (χ2v) is 7.95. The van der Waals surface area contributed by atoms with E-state index in [4.69, 9.17) is 4.74 Å². The van der Waals surface area contributed by atoms with Crippen molar-refractivity contribution in [2.45, 2.75) is 32.2 Å². The molecular weight excluding hydrogens is 478 g/mol. The lowest BCUT2D eigenvalue weighted by molar-refractivity contribution is -0.143. The van der Waals surface area contributed by atoms with Crippen LogP contribution in [0.15, 0.2) is 12.7 Å². The first-order chi connectivity index (χ1) is 9.42. The average Bonchev–Trinajstić information content (AvgIpc) is 2.70. The van der Waals surface area contributed by atoms with Crippen LogP contribution < -0.4 is 5.32 Å². The molecule has 1 aromatic heterocycles. The zero-order valence-electron chi connectivity index (χ0n) is 11.0. The first-order valence-corrected chi connectivity index (χ1v) is 9.13. The largest absolute Gasteiger partial charge is 0.467 e. The van der Waals surface area contributed by atoms with Crippen LogP contribution >= 0.6 is 59.1 Å². The molecule has 0 bridgehead atoms. The number of unbranched alkanes of at least 4 members (excludes halogenated alkanes) is 1. The predicted octanol–water partition coefficient (Wildman–Crippen LogP) is 4.50. The van der Waals surface area contributed by atoms with Crippen LogP contribution in [0, 0.1) is 0 Å². The van der Waals surface area contributed by atoms with Gasteiger partial charge in [0.2, 0.25) is 0 Å². The third-order valence-electron chi connectivity index (χ3n) is 2.60. The van der Waals surface area contributed by atoms with E-state index in [0.717, 1.165) is 21.1 Å². The quantitative estimate of drug-likeness (QED) is 0.596. The van der Waals surface area contributed by atoms with Gasteiger partial charge in [0.25, 0.3) is 5.91 Å². The van der Waals surface area contributed by atoms with Gasteiger partial charge in [0.05, 0.1) is 19.8 Å². The highest BCUT2D eigenvalue weighted by Crippen LogP contribution is 2.40. The van der Waals surface area contributed by atoms with E-state index in [2.05, 4.69) is 53.1 Å². The molecule has 0 aromatic carbocycles. The molecule has 0 aliphatic rings. The Morgan fingerprint density at radius 1 is 1.30 bits per heavy atom. The van der Waals surface area contributed by atoms with Crippen molar-refractivity contribution in [3.05, 3.63) is 17.6 Å². The highest BCUT2D eigenvalue weighted by atomic mass is 79.9. The fourth-order valence-corrected chi connectivity index (χ4v) is 4.52. The summed E-state index contributed by atoms with van der Waals surface area (Å²) in [6.45, 7) is 2.03. The molecule has 1 heterocycles. The molecule has 0 unspecified atom stereocenters. The smallest absolute Gasteiger partial charge is 0.328 e. The number of rotatable bonds is 6. The number of esters is 1. The molecule has 0 spiro atoms. The number of hydrogen-bond donors (Lipinski definition) is 1. The Morgan fingerprint density at radius 2 is 1.95 bits per heavy atom. The number of hydrogen-bond acceptors (Lipinski definition) is 4. The lowest BCUT2D eigenvalue weighted by atomic mass is 10.1. The summed E-state index contributed by atoms with van der Waals surface area (Å²) in [5.74, 6) is -0.711. The summed E-state index contributed by atoms with van der Waals surface area (Å²) in [5.41, 5.74) is 0. The van der Waals surface area contributed by atoms with Gasteiger partial charge in [0, 0.05) is 0 Å². The highest BCUT2D eigenvalue weighted by Gasteiger charge is 2.25. The summed E-state index contributed by atoms with van der Waals surface area (Å²) < 4.78 is 7.00. The highest BCUT2D eigenvalue weighted by molar-refractivity contribution is 9.14. The number of carbonyl (C=O) groups is 2. The van der Waals surface area contributed by atoms with Crippen molar-refractivity contribution in [3.63, 3.8) is 0 Å². The standard InChI is InChI=1S/C12H14Br3NO3S/c1-3-4-5-6(12(18)19-2)16-11(17)9-7(13)8(14)10(15)20-9/h6H,3-5H2,1-2H3,(H,16,17)/t6-/m0/s1.